The summed E-state index contributed by atoms with van der Waals surface area (Å²) in [5.41, 5.74) is 4.39. The number of benzene rings is 2. The number of carbonyl (C=O) groups is 3. The highest BCUT2D eigenvalue weighted by molar-refractivity contribution is 6.44. The molecule has 1 aliphatic heterocycles. The van der Waals surface area contributed by atoms with Crippen molar-refractivity contribution in [3.05, 3.63) is 59.2 Å². The molecule has 0 fully saturated rings. The summed E-state index contributed by atoms with van der Waals surface area (Å²) in [4.78, 5) is 36.5. The predicted octanol–water partition coefficient (Wildman–Crippen LogP) is 2.71. The molecule has 0 bridgehead atoms. The normalized spacial score (nSPS) is 13.7. The minimum absolute atomic E-state index is 0.0745. The Kier molecular flexibility index (Phi) is 6.07. The first-order chi connectivity index (χ1) is 13.9. The van der Waals surface area contributed by atoms with Crippen LogP contribution in [0.25, 0.3) is 0 Å². The summed E-state index contributed by atoms with van der Waals surface area (Å²) in [5.74, 6) is -0.546. The SMILES string of the molecule is CNC(=O)Cc1ccc(NC(=O)C2=NN(c3cc(C)ccc3C)C(=O)CC2)cc1. The maximum atomic E-state index is 12.7. The first-order valence-electron chi connectivity index (χ1n) is 9.46. The Bertz CT molecular complexity index is 980. The second-order valence-electron chi connectivity index (χ2n) is 7.04. The summed E-state index contributed by atoms with van der Waals surface area (Å²) in [6, 6.07) is 12.9. The molecule has 2 N–H and O–H groups in total. The molecule has 7 heteroatoms. The molecule has 0 saturated heterocycles. The monoisotopic (exact) mass is 392 g/mol. The van der Waals surface area contributed by atoms with E-state index in [1.807, 2.05) is 32.0 Å². The number of carbonyl (C=O) groups excluding carboxylic acids is 3. The van der Waals surface area contributed by atoms with Crippen LogP contribution in [-0.4, -0.2) is 30.5 Å². The molecule has 29 heavy (non-hydrogen) atoms. The molecule has 150 valence electrons. The highest BCUT2D eigenvalue weighted by Gasteiger charge is 2.26. The van der Waals surface area contributed by atoms with E-state index in [1.54, 1.807) is 31.3 Å². The third kappa shape index (κ3) is 4.87. The summed E-state index contributed by atoms with van der Waals surface area (Å²) in [6.07, 6.45) is 0.801. The molecular formula is C22H24N4O3. The standard InChI is InChI=1S/C22H24N4O3/c1-14-4-5-15(2)19(12-14)26-21(28)11-10-18(25-26)22(29)24-17-8-6-16(7-9-17)13-20(27)23-3/h4-9,12H,10-11,13H2,1-3H3,(H,23,27)(H,24,29). The van der Waals surface area contributed by atoms with Gasteiger partial charge in [-0.15, -0.1) is 0 Å². The van der Waals surface area contributed by atoms with Gasteiger partial charge in [-0.25, -0.2) is 5.01 Å². The Morgan fingerprint density at radius 1 is 1.07 bits per heavy atom. The van der Waals surface area contributed by atoms with E-state index in [4.69, 9.17) is 0 Å². The molecule has 0 atom stereocenters. The van der Waals surface area contributed by atoms with Crippen molar-refractivity contribution in [2.75, 3.05) is 17.4 Å². The van der Waals surface area contributed by atoms with Gasteiger partial charge < -0.3 is 10.6 Å². The first-order valence-corrected chi connectivity index (χ1v) is 9.46. The summed E-state index contributed by atoms with van der Waals surface area (Å²) >= 11 is 0. The van der Waals surface area contributed by atoms with Crippen molar-refractivity contribution >= 4 is 34.8 Å². The molecule has 0 aliphatic carbocycles. The summed E-state index contributed by atoms with van der Waals surface area (Å²) < 4.78 is 0. The number of rotatable bonds is 5. The summed E-state index contributed by atoms with van der Waals surface area (Å²) in [7, 11) is 1.59. The zero-order valence-corrected chi connectivity index (χ0v) is 16.8. The van der Waals surface area contributed by atoms with Gasteiger partial charge in [0, 0.05) is 25.6 Å². The maximum absolute atomic E-state index is 12.7. The number of hydrogen-bond donors (Lipinski definition) is 2. The lowest BCUT2D eigenvalue weighted by Gasteiger charge is -2.24. The molecule has 3 amide bonds. The number of nitrogens with one attached hydrogen (secondary N) is 2. The van der Waals surface area contributed by atoms with E-state index in [-0.39, 0.29) is 30.6 Å². The number of hydrogen-bond acceptors (Lipinski definition) is 4. The third-order valence-electron chi connectivity index (χ3n) is 4.74. The van der Waals surface area contributed by atoms with Crippen molar-refractivity contribution in [2.45, 2.75) is 33.1 Å². The lowest BCUT2D eigenvalue weighted by atomic mass is 10.1. The number of anilines is 2. The Morgan fingerprint density at radius 2 is 1.79 bits per heavy atom. The van der Waals surface area contributed by atoms with Crippen LogP contribution >= 0.6 is 0 Å². The molecule has 0 radical (unpaired) electrons. The van der Waals surface area contributed by atoms with Gasteiger partial charge in [-0.1, -0.05) is 24.3 Å². The highest BCUT2D eigenvalue weighted by atomic mass is 16.2. The minimum Gasteiger partial charge on any atom is -0.359 e. The summed E-state index contributed by atoms with van der Waals surface area (Å²) in [6.45, 7) is 3.86. The molecule has 1 heterocycles. The van der Waals surface area contributed by atoms with Crippen LogP contribution in [-0.2, 0) is 20.8 Å². The molecule has 2 aromatic rings. The van der Waals surface area contributed by atoms with Crippen molar-refractivity contribution in [3.63, 3.8) is 0 Å². The van der Waals surface area contributed by atoms with Crippen LogP contribution in [0.1, 0.15) is 29.5 Å². The topological polar surface area (TPSA) is 90.9 Å². The average Bonchev–Trinajstić information content (AvgIpc) is 2.71. The largest absolute Gasteiger partial charge is 0.359 e. The number of likely N-dealkylation sites (N-methyl/N-ethyl adjacent to an activating group) is 1. The zero-order chi connectivity index (χ0) is 21.0. The molecule has 0 saturated carbocycles. The van der Waals surface area contributed by atoms with Gasteiger partial charge in [-0.2, -0.15) is 5.10 Å². The Balaban J connectivity index is 1.75. The van der Waals surface area contributed by atoms with Crippen molar-refractivity contribution in [1.29, 1.82) is 0 Å². The van der Waals surface area contributed by atoms with Crippen LogP contribution in [0.5, 0.6) is 0 Å². The van der Waals surface area contributed by atoms with Crippen molar-refractivity contribution < 1.29 is 14.4 Å². The number of hydrazone groups is 1. The molecular weight excluding hydrogens is 368 g/mol. The predicted molar refractivity (Wildman–Crippen MR) is 113 cm³/mol. The minimum atomic E-state index is -0.341. The fourth-order valence-electron chi connectivity index (χ4n) is 3.04. The molecule has 0 aromatic heterocycles. The zero-order valence-electron chi connectivity index (χ0n) is 16.8. The Morgan fingerprint density at radius 3 is 2.48 bits per heavy atom. The van der Waals surface area contributed by atoms with Crippen LogP contribution in [0.15, 0.2) is 47.6 Å². The Labute approximate surface area is 169 Å². The van der Waals surface area contributed by atoms with E-state index >= 15 is 0 Å². The van der Waals surface area contributed by atoms with Gasteiger partial charge in [0.25, 0.3) is 5.91 Å². The fraction of sp³-hybridized carbons (Fsp3) is 0.273. The van der Waals surface area contributed by atoms with Gasteiger partial charge in [0.15, 0.2) is 0 Å². The van der Waals surface area contributed by atoms with Gasteiger partial charge in [0.1, 0.15) is 5.71 Å². The van der Waals surface area contributed by atoms with Gasteiger partial charge >= 0.3 is 0 Å². The van der Waals surface area contributed by atoms with E-state index < -0.39 is 0 Å². The number of amides is 3. The highest BCUT2D eigenvalue weighted by Crippen LogP contribution is 2.25. The smallest absolute Gasteiger partial charge is 0.271 e. The van der Waals surface area contributed by atoms with Crippen LogP contribution in [0, 0.1) is 13.8 Å². The quantitative estimate of drug-likeness (QED) is 0.820. The molecule has 1 aliphatic rings. The van der Waals surface area contributed by atoms with E-state index in [9.17, 15) is 14.4 Å². The Hall–Kier alpha value is -3.48. The van der Waals surface area contributed by atoms with Crippen molar-refractivity contribution in [3.8, 4) is 0 Å². The van der Waals surface area contributed by atoms with E-state index in [2.05, 4.69) is 15.7 Å². The number of nitrogens with zero attached hydrogens (tertiary/aromatic N) is 2. The lowest BCUT2D eigenvalue weighted by molar-refractivity contribution is -0.120. The van der Waals surface area contributed by atoms with Gasteiger partial charge in [0.05, 0.1) is 12.1 Å². The second-order valence-corrected chi connectivity index (χ2v) is 7.04. The van der Waals surface area contributed by atoms with Gasteiger partial charge in [-0.3, -0.25) is 14.4 Å². The van der Waals surface area contributed by atoms with Crippen molar-refractivity contribution in [1.82, 2.24) is 5.32 Å². The molecule has 0 unspecified atom stereocenters. The fourth-order valence-corrected chi connectivity index (χ4v) is 3.04. The van der Waals surface area contributed by atoms with Gasteiger partial charge in [-0.05, 0) is 48.7 Å². The first kappa shape index (κ1) is 20.3. The molecule has 7 nitrogen and oxygen atoms in total. The van der Waals surface area contributed by atoms with Crippen LogP contribution in [0.2, 0.25) is 0 Å². The lowest BCUT2D eigenvalue weighted by Crippen LogP contribution is -2.36. The van der Waals surface area contributed by atoms with Crippen LogP contribution in [0.3, 0.4) is 0 Å². The van der Waals surface area contributed by atoms with Gasteiger partial charge in [0.2, 0.25) is 11.8 Å². The third-order valence-corrected chi connectivity index (χ3v) is 4.74. The van der Waals surface area contributed by atoms with Crippen molar-refractivity contribution in [2.24, 2.45) is 5.10 Å². The van der Waals surface area contributed by atoms with E-state index in [1.165, 1.54) is 5.01 Å². The number of aryl methyl sites for hydroxylation is 2. The van der Waals surface area contributed by atoms with E-state index in [0.717, 1.165) is 16.7 Å². The van der Waals surface area contributed by atoms with Crippen LogP contribution in [0.4, 0.5) is 11.4 Å². The maximum Gasteiger partial charge on any atom is 0.271 e. The second kappa shape index (κ2) is 8.68. The molecule has 0 spiro atoms. The van der Waals surface area contributed by atoms with Crippen LogP contribution < -0.4 is 15.6 Å². The summed E-state index contributed by atoms with van der Waals surface area (Å²) in [5, 5.41) is 11.0. The van der Waals surface area contributed by atoms with E-state index in [0.29, 0.717) is 23.5 Å². The molecule has 3 rings (SSSR count). The average molecular weight is 392 g/mol. The molecule has 2 aromatic carbocycles.